The summed E-state index contributed by atoms with van der Waals surface area (Å²) in [7, 11) is 0. The molecule has 6 heteroatoms. The molecule has 0 aliphatic rings. The topological polar surface area (TPSA) is 95.9 Å². The van der Waals surface area contributed by atoms with Gasteiger partial charge in [-0.3, -0.25) is 9.59 Å². The number of unbranched alkanes of at least 4 members (excludes halogenated alkanes) is 41. The molecule has 0 aliphatic carbocycles. The van der Waals surface area contributed by atoms with E-state index in [1.54, 1.807) is 0 Å². The summed E-state index contributed by atoms with van der Waals surface area (Å²) in [4.78, 5) is 26.2. The molecular weight excluding hydrogens is 779 g/mol. The van der Waals surface area contributed by atoms with Crippen molar-refractivity contribution in [1.82, 2.24) is 5.32 Å². The van der Waals surface area contributed by atoms with Crippen LogP contribution in [0.3, 0.4) is 0 Å². The van der Waals surface area contributed by atoms with Gasteiger partial charge in [0.15, 0.2) is 0 Å². The van der Waals surface area contributed by atoms with E-state index in [1.807, 2.05) is 0 Å². The van der Waals surface area contributed by atoms with Gasteiger partial charge >= 0.3 is 5.97 Å². The van der Waals surface area contributed by atoms with E-state index in [-0.39, 0.29) is 24.9 Å². The molecule has 0 saturated heterocycles. The fraction of sp³-hybridized carbons (Fsp3) is 0.965. The van der Waals surface area contributed by atoms with Gasteiger partial charge in [0.25, 0.3) is 0 Å². The quantitative estimate of drug-likeness (QED) is 0.0418. The van der Waals surface area contributed by atoms with Crippen LogP contribution in [0.25, 0.3) is 0 Å². The molecule has 0 bridgehead atoms. The number of rotatable bonds is 53. The Morgan fingerprint density at radius 2 is 0.667 bits per heavy atom. The highest BCUT2D eigenvalue weighted by atomic mass is 16.5. The Labute approximate surface area is 394 Å². The van der Waals surface area contributed by atoms with Gasteiger partial charge in [0.05, 0.1) is 25.2 Å². The molecule has 0 aliphatic heterocycles. The van der Waals surface area contributed by atoms with Crippen LogP contribution in [0, 0.1) is 0 Å². The molecule has 0 aromatic rings. The van der Waals surface area contributed by atoms with Crippen molar-refractivity contribution in [3.05, 3.63) is 0 Å². The number of hydrogen-bond donors (Lipinski definition) is 3. The van der Waals surface area contributed by atoms with E-state index in [0.717, 1.165) is 38.5 Å². The van der Waals surface area contributed by atoms with Gasteiger partial charge < -0.3 is 20.3 Å². The average Bonchev–Trinajstić information content (AvgIpc) is 3.28. The number of carbonyl (C=O) groups is 2. The lowest BCUT2D eigenvalue weighted by molar-refractivity contribution is -0.151. The Hall–Kier alpha value is -1.14. The van der Waals surface area contributed by atoms with E-state index in [4.69, 9.17) is 4.74 Å². The molecule has 6 nitrogen and oxygen atoms in total. The SMILES string of the molecule is CCCCCCCCCCCCCCCCCCCCCC(=O)OC(CCCCCCCCCCCCCCCC)CC(=O)NC(CO)C(O)CCCCCCCCCCCCC. The number of ether oxygens (including phenoxy) is 1. The van der Waals surface area contributed by atoms with Crippen LogP contribution in [-0.2, 0) is 14.3 Å². The van der Waals surface area contributed by atoms with Crippen molar-refractivity contribution in [3.8, 4) is 0 Å². The second-order valence-corrected chi connectivity index (χ2v) is 20.1. The van der Waals surface area contributed by atoms with Crippen LogP contribution in [0.1, 0.15) is 329 Å². The number of esters is 1. The van der Waals surface area contributed by atoms with Crippen LogP contribution in [0.2, 0.25) is 0 Å². The summed E-state index contributed by atoms with van der Waals surface area (Å²) in [6.45, 7) is 6.53. The minimum absolute atomic E-state index is 0.0883. The number of nitrogens with one attached hydrogen (secondary N) is 1. The van der Waals surface area contributed by atoms with Gasteiger partial charge in [-0.25, -0.2) is 0 Å². The second kappa shape index (κ2) is 51.8. The lowest BCUT2D eigenvalue weighted by Gasteiger charge is -2.24. The number of carbonyl (C=O) groups excluding carboxylic acids is 2. The van der Waals surface area contributed by atoms with Crippen molar-refractivity contribution in [2.45, 2.75) is 347 Å². The number of aliphatic hydroxyl groups excluding tert-OH is 2. The van der Waals surface area contributed by atoms with Gasteiger partial charge in [0.2, 0.25) is 5.91 Å². The highest BCUT2D eigenvalue weighted by Crippen LogP contribution is 2.19. The third kappa shape index (κ3) is 47.2. The minimum Gasteiger partial charge on any atom is -0.462 e. The molecule has 0 rings (SSSR count). The second-order valence-electron chi connectivity index (χ2n) is 20.1. The first-order valence-electron chi connectivity index (χ1n) is 28.8. The first-order chi connectivity index (χ1) is 31.0. The van der Waals surface area contributed by atoms with Crippen molar-refractivity contribution in [3.63, 3.8) is 0 Å². The molecule has 0 fully saturated rings. The van der Waals surface area contributed by atoms with Gasteiger partial charge in [-0.05, 0) is 25.7 Å². The van der Waals surface area contributed by atoms with Crippen molar-refractivity contribution in [2.24, 2.45) is 0 Å². The molecule has 63 heavy (non-hydrogen) atoms. The highest BCUT2D eigenvalue weighted by Gasteiger charge is 2.24. The maximum absolute atomic E-state index is 13.2. The van der Waals surface area contributed by atoms with Crippen LogP contribution in [0.5, 0.6) is 0 Å². The molecule has 376 valence electrons. The van der Waals surface area contributed by atoms with Crippen LogP contribution in [0.4, 0.5) is 0 Å². The predicted molar refractivity (Wildman–Crippen MR) is 274 cm³/mol. The standard InChI is InChI=1S/C57H113NO5/c1-4-7-10-13-16-19-22-24-26-27-28-29-30-32-35-38-41-44-47-50-57(62)63-53(48-45-42-39-36-34-31-25-23-20-17-14-11-8-5-2)51-56(61)58-54(52-59)55(60)49-46-43-40-37-33-21-18-15-12-9-6-3/h53-55,59-60H,4-52H2,1-3H3,(H,58,61). The van der Waals surface area contributed by atoms with Crippen LogP contribution >= 0.6 is 0 Å². The zero-order valence-corrected chi connectivity index (χ0v) is 43.0. The van der Waals surface area contributed by atoms with E-state index in [0.29, 0.717) is 19.3 Å². The summed E-state index contributed by atoms with van der Waals surface area (Å²) in [6, 6.07) is -0.692. The maximum Gasteiger partial charge on any atom is 0.306 e. The Morgan fingerprint density at radius 3 is 0.968 bits per heavy atom. The molecule has 0 heterocycles. The fourth-order valence-electron chi connectivity index (χ4n) is 9.32. The fourth-order valence-corrected chi connectivity index (χ4v) is 9.32. The van der Waals surface area contributed by atoms with Crippen LogP contribution in [-0.4, -0.2) is 46.9 Å². The van der Waals surface area contributed by atoms with Crippen molar-refractivity contribution < 1.29 is 24.5 Å². The van der Waals surface area contributed by atoms with Crippen LogP contribution in [0.15, 0.2) is 0 Å². The highest BCUT2D eigenvalue weighted by molar-refractivity contribution is 5.77. The molecule has 0 saturated carbocycles. The largest absolute Gasteiger partial charge is 0.462 e. The van der Waals surface area contributed by atoms with Gasteiger partial charge in [-0.2, -0.15) is 0 Å². The number of hydrogen-bond acceptors (Lipinski definition) is 5. The van der Waals surface area contributed by atoms with E-state index in [2.05, 4.69) is 26.1 Å². The molecular formula is C57H113NO5. The van der Waals surface area contributed by atoms with Crippen molar-refractivity contribution in [1.29, 1.82) is 0 Å². The molecule has 0 radical (unpaired) electrons. The Kier molecular flexibility index (Phi) is 50.9. The van der Waals surface area contributed by atoms with E-state index >= 15 is 0 Å². The van der Waals surface area contributed by atoms with Gasteiger partial charge in [-0.1, -0.05) is 290 Å². The first-order valence-corrected chi connectivity index (χ1v) is 28.8. The predicted octanol–water partition coefficient (Wildman–Crippen LogP) is 17.5. The van der Waals surface area contributed by atoms with Crippen LogP contribution < -0.4 is 5.32 Å². The van der Waals surface area contributed by atoms with Gasteiger partial charge in [0, 0.05) is 6.42 Å². The van der Waals surface area contributed by atoms with Crippen molar-refractivity contribution >= 4 is 11.9 Å². The zero-order chi connectivity index (χ0) is 45.9. The van der Waals surface area contributed by atoms with E-state index in [1.165, 1.54) is 244 Å². The molecule has 1 amide bonds. The summed E-state index contributed by atoms with van der Waals surface area (Å²) in [5.74, 6) is -0.445. The van der Waals surface area contributed by atoms with E-state index < -0.39 is 18.2 Å². The summed E-state index contributed by atoms with van der Waals surface area (Å²) >= 11 is 0. The number of aliphatic hydroxyl groups is 2. The third-order valence-electron chi connectivity index (χ3n) is 13.7. The lowest BCUT2D eigenvalue weighted by Crippen LogP contribution is -2.46. The molecule has 3 atom stereocenters. The summed E-state index contributed by atoms with van der Waals surface area (Å²) < 4.78 is 5.97. The number of amides is 1. The minimum atomic E-state index is -0.779. The van der Waals surface area contributed by atoms with Gasteiger partial charge in [0.1, 0.15) is 6.10 Å². The first kappa shape index (κ1) is 61.9. The third-order valence-corrected chi connectivity index (χ3v) is 13.7. The Morgan fingerprint density at radius 1 is 0.397 bits per heavy atom. The Bertz CT molecular complexity index is 913. The zero-order valence-electron chi connectivity index (χ0n) is 43.0. The van der Waals surface area contributed by atoms with Gasteiger partial charge in [-0.15, -0.1) is 0 Å². The Balaban J connectivity index is 4.44. The van der Waals surface area contributed by atoms with Crippen molar-refractivity contribution in [2.75, 3.05) is 6.61 Å². The smallest absolute Gasteiger partial charge is 0.306 e. The summed E-state index contributed by atoms with van der Waals surface area (Å²) in [5.41, 5.74) is 0. The molecule has 3 N–H and O–H groups in total. The normalized spacial score (nSPS) is 13.0. The summed E-state index contributed by atoms with van der Waals surface area (Å²) in [5, 5.41) is 23.8. The monoisotopic (exact) mass is 892 g/mol. The molecule has 0 aromatic heterocycles. The molecule has 0 aromatic carbocycles. The maximum atomic E-state index is 13.2. The molecule has 3 unspecified atom stereocenters. The summed E-state index contributed by atoms with van der Waals surface area (Å²) in [6.07, 6.45) is 57.4. The lowest BCUT2D eigenvalue weighted by atomic mass is 10.0. The average molecular weight is 893 g/mol. The van der Waals surface area contributed by atoms with E-state index in [9.17, 15) is 19.8 Å². The molecule has 0 spiro atoms.